The normalized spacial score (nSPS) is 18.8. The summed E-state index contributed by atoms with van der Waals surface area (Å²) in [5.74, 6) is -0.908. The van der Waals surface area contributed by atoms with Gasteiger partial charge in [0, 0.05) is 19.2 Å². The molecule has 0 N–H and O–H groups in total. The first-order chi connectivity index (χ1) is 6.59. The lowest BCUT2D eigenvalue weighted by molar-refractivity contribution is -0.297. The van der Waals surface area contributed by atoms with Gasteiger partial charge in [0.25, 0.3) is 0 Å². The van der Waals surface area contributed by atoms with Gasteiger partial charge in [0.15, 0.2) is 0 Å². The average molecular weight is 196 g/mol. The Labute approximate surface area is 83.2 Å². The highest BCUT2D eigenvalue weighted by Crippen LogP contribution is 2.15. The molecule has 0 aromatic rings. The molecule has 0 aliphatic carbocycles. The summed E-state index contributed by atoms with van der Waals surface area (Å²) in [6.45, 7) is 3.59. The Hall–Kier alpha value is -1.32. The summed E-state index contributed by atoms with van der Waals surface area (Å²) in [7, 11) is 0. The lowest BCUT2D eigenvalue weighted by Gasteiger charge is -2.29. The highest BCUT2D eigenvalue weighted by Gasteiger charge is 2.17. The molecular formula is C10H14NO3-. The third-order valence-electron chi connectivity index (χ3n) is 2.46. The van der Waals surface area contributed by atoms with Crippen LogP contribution >= 0.6 is 0 Å². The van der Waals surface area contributed by atoms with E-state index >= 15 is 0 Å². The number of nitrogens with zero attached hydrogens (tertiary/aromatic N) is 1. The Bertz CT molecular complexity index is 252. The zero-order chi connectivity index (χ0) is 10.6. The van der Waals surface area contributed by atoms with Crippen molar-refractivity contribution in [1.29, 1.82) is 0 Å². The van der Waals surface area contributed by atoms with Crippen LogP contribution in [0, 0.1) is 5.92 Å². The molecule has 78 valence electrons. The van der Waals surface area contributed by atoms with Crippen LogP contribution in [0.3, 0.4) is 0 Å². The van der Waals surface area contributed by atoms with Gasteiger partial charge >= 0.3 is 0 Å². The van der Waals surface area contributed by atoms with Crippen LogP contribution in [-0.4, -0.2) is 29.9 Å². The summed E-state index contributed by atoms with van der Waals surface area (Å²) in [5.41, 5.74) is 0. The Balaban J connectivity index is 2.42. The molecule has 1 aliphatic rings. The van der Waals surface area contributed by atoms with Crippen LogP contribution in [0.1, 0.15) is 19.8 Å². The second-order valence-electron chi connectivity index (χ2n) is 3.66. The number of hydrogen-bond donors (Lipinski definition) is 0. The largest absolute Gasteiger partial charge is 0.545 e. The van der Waals surface area contributed by atoms with Gasteiger partial charge in [-0.3, -0.25) is 4.79 Å². The molecule has 14 heavy (non-hydrogen) atoms. The van der Waals surface area contributed by atoms with E-state index in [2.05, 4.69) is 6.92 Å². The van der Waals surface area contributed by atoms with Gasteiger partial charge in [-0.15, -0.1) is 0 Å². The van der Waals surface area contributed by atoms with E-state index in [1.807, 2.05) is 0 Å². The van der Waals surface area contributed by atoms with Gasteiger partial charge in [-0.05, 0) is 24.8 Å². The maximum absolute atomic E-state index is 11.4. The molecule has 1 rings (SSSR count). The van der Waals surface area contributed by atoms with Crippen LogP contribution in [0.15, 0.2) is 12.2 Å². The van der Waals surface area contributed by atoms with E-state index < -0.39 is 5.97 Å². The van der Waals surface area contributed by atoms with E-state index in [1.54, 1.807) is 4.90 Å². The zero-order valence-corrected chi connectivity index (χ0v) is 8.23. The minimum Gasteiger partial charge on any atom is -0.545 e. The smallest absolute Gasteiger partial charge is 0.246 e. The second-order valence-corrected chi connectivity index (χ2v) is 3.66. The van der Waals surface area contributed by atoms with Crippen molar-refractivity contribution in [2.45, 2.75) is 19.8 Å². The maximum Gasteiger partial charge on any atom is 0.246 e. The molecule has 0 unspecified atom stereocenters. The number of carboxylic acids is 1. The molecule has 1 saturated heterocycles. The van der Waals surface area contributed by atoms with E-state index in [4.69, 9.17) is 0 Å². The van der Waals surface area contributed by atoms with E-state index in [-0.39, 0.29) is 5.91 Å². The fourth-order valence-corrected chi connectivity index (χ4v) is 1.47. The first-order valence-corrected chi connectivity index (χ1v) is 4.77. The number of carbonyl (C=O) groups excluding carboxylic acids is 2. The number of amides is 1. The summed E-state index contributed by atoms with van der Waals surface area (Å²) in [6, 6.07) is 0. The van der Waals surface area contributed by atoms with Crippen LogP contribution in [0.5, 0.6) is 0 Å². The van der Waals surface area contributed by atoms with Crippen molar-refractivity contribution in [3.05, 3.63) is 12.2 Å². The van der Waals surface area contributed by atoms with E-state index in [1.165, 1.54) is 0 Å². The van der Waals surface area contributed by atoms with Gasteiger partial charge < -0.3 is 14.8 Å². The predicted molar refractivity (Wildman–Crippen MR) is 49.1 cm³/mol. The highest BCUT2D eigenvalue weighted by atomic mass is 16.4. The van der Waals surface area contributed by atoms with Gasteiger partial charge in [0.1, 0.15) is 0 Å². The first kappa shape index (κ1) is 10.8. The number of likely N-dealkylation sites (tertiary alicyclic amines) is 1. The Morgan fingerprint density at radius 1 is 1.29 bits per heavy atom. The predicted octanol–water partition coefficient (Wildman–Crippen LogP) is -0.449. The third-order valence-corrected chi connectivity index (χ3v) is 2.46. The summed E-state index contributed by atoms with van der Waals surface area (Å²) in [4.78, 5) is 23.1. The molecule has 4 nitrogen and oxygen atoms in total. The van der Waals surface area contributed by atoms with Crippen molar-refractivity contribution < 1.29 is 14.7 Å². The fourth-order valence-electron chi connectivity index (χ4n) is 1.47. The van der Waals surface area contributed by atoms with Crippen LogP contribution in [-0.2, 0) is 9.59 Å². The lowest BCUT2D eigenvalue weighted by atomic mass is 9.99. The van der Waals surface area contributed by atoms with Crippen LogP contribution in [0.2, 0.25) is 0 Å². The summed E-state index contributed by atoms with van der Waals surface area (Å²) in [6.07, 6.45) is 3.82. The molecule has 0 atom stereocenters. The van der Waals surface area contributed by atoms with E-state index in [0.717, 1.165) is 38.1 Å². The van der Waals surface area contributed by atoms with E-state index in [0.29, 0.717) is 5.92 Å². The van der Waals surface area contributed by atoms with Crippen LogP contribution < -0.4 is 5.11 Å². The van der Waals surface area contributed by atoms with Gasteiger partial charge in [-0.2, -0.15) is 0 Å². The topological polar surface area (TPSA) is 60.4 Å². The molecule has 0 radical (unpaired) electrons. The van der Waals surface area contributed by atoms with Crippen molar-refractivity contribution in [2.24, 2.45) is 5.92 Å². The van der Waals surface area contributed by atoms with Crippen molar-refractivity contribution in [1.82, 2.24) is 4.90 Å². The molecule has 1 fully saturated rings. The maximum atomic E-state index is 11.4. The first-order valence-electron chi connectivity index (χ1n) is 4.77. The highest BCUT2D eigenvalue weighted by molar-refractivity contribution is 5.93. The molecule has 4 heteroatoms. The van der Waals surface area contributed by atoms with Gasteiger partial charge in [0.05, 0.1) is 5.97 Å². The standard InChI is InChI=1S/C10H15NO3/c1-8-4-6-11(7-5-8)9(12)2-3-10(13)14/h2-3,8H,4-7H2,1H3,(H,13,14)/p-1/b3-2-. The Morgan fingerprint density at radius 2 is 1.86 bits per heavy atom. The van der Waals surface area contributed by atoms with Gasteiger partial charge in [-0.25, -0.2) is 0 Å². The number of hydrogen-bond acceptors (Lipinski definition) is 3. The minimum atomic E-state index is -1.33. The zero-order valence-electron chi connectivity index (χ0n) is 8.23. The number of piperidine rings is 1. The van der Waals surface area contributed by atoms with Crippen molar-refractivity contribution in [2.75, 3.05) is 13.1 Å². The molecule has 0 aromatic carbocycles. The summed E-state index contributed by atoms with van der Waals surface area (Å²) >= 11 is 0. The van der Waals surface area contributed by atoms with Crippen molar-refractivity contribution in [3.8, 4) is 0 Å². The van der Waals surface area contributed by atoms with Crippen molar-refractivity contribution in [3.63, 3.8) is 0 Å². The Morgan fingerprint density at radius 3 is 2.36 bits per heavy atom. The number of rotatable bonds is 2. The second kappa shape index (κ2) is 4.79. The third kappa shape index (κ3) is 3.20. The molecule has 0 saturated carbocycles. The lowest BCUT2D eigenvalue weighted by Crippen LogP contribution is -2.37. The summed E-state index contributed by atoms with van der Waals surface area (Å²) in [5, 5.41) is 10.1. The molecule has 0 bridgehead atoms. The minimum absolute atomic E-state index is 0.235. The average Bonchev–Trinajstić information content (AvgIpc) is 2.15. The molecular weight excluding hydrogens is 182 g/mol. The monoisotopic (exact) mass is 196 g/mol. The fraction of sp³-hybridized carbons (Fsp3) is 0.600. The van der Waals surface area contributed by atoms with Crippen LogP contribution in [0.4, 0.5) is 0 Å². The number of carboxylic acid groups (broad SMARTS) is 1. The molecule has 0 spiro atoms. The number of carbonyl (C=O) groups is 2. The molecule has 0 aromatic heterocycles. The Kier molecular flexibility index (Phi) is 3.68. The van der Waals surface area contributed by atoms with E-state index in [9.17, 15) is 14.7 Å². The van der Waals surface area contributed by atoms with Crippen LogP contribution in [0.25, 0.3) is 0 Å². The number of aliphatic carboxylic acids is 1. The quantitative estimate of drug-likeness (QED) is 0.562. The molecule has 1 heterocycles. The van der Waals surface area contributed by atoms with Gasteiger partial charge in [0.2, 0.25) is 5.91 Å². The summed E-state index contributed by atoms with van der Waals surface area (Å²) < 4.78 is 0. The molecule has 1 aliphatic heterocycles. The molecule has 1 amide bonds. The SMILES string of the molecule is CC1CCN(C(=O)/C=C\C(=O)[O-])CC1. The van der Waals surface area contributed by atoms with Crippen molar-refractivity contribution >= 4 is 11.9 Å². The van der Waals surface area contributed by atoms with Gasteiger partial charge in [-0.1, -0.05) is 6.92 Å².